The van der Waals surface area contributed by atoms with Crippen molar-refractivity contribution in [3.8, 4) is 0 Å². The van der Waals surface area contributed by atoms with Crippen molar-refractivity contribution in [2.75, 3.05) is 0 Å². The van der Waals surface area contributed by atoms with Crippen LogP contribution < -0.4 is 0 Å². The highest BCUT2D eigenvalue weighted by Crippen LogP contribution is 2.32. The van der Waals surface area contributed by atoms with Crippen LogP contribution in [0.3, 0.4) is 0 Å². The van der Waals surface area contributed by atoms with Crippen molar-refractivity contribution in [3.63, 3.8) is 0 Å². The molecule has 0 heterocycles. The van der Waals surface area contributed by atoms with Crippen LogP contribution in [0, 0.1) is 20.2 Å². The molecule has 0 atom stereocenters. The fourth-order valence-corrected chi connectivity index (χ4v) is 1.85. The van der Waals surface area contributed by atoms with Crippen LogP contribution in [-0.4, -0.2) is 9.85 Å². The van der Waals surface area contributed by atoms with Crippen molar-refractivity contribution in [3.05, 3.63) is 80.4 Å². The summed E-state index contributed by atoms with van der Waals surface area (Å²) in [5, 5.41) is 29.6. The van der Waals surface area contributed by atoms with Crippen LogP contribution in [0.15, 0.2) is 64.8 Å². The lowest BCUT2D eigenvalue weighted by Crippen LogP contribution is -1.92. The lowest BCUT2D eigenvalue weighted by Gasteiger charge is -2.00. The van der Waals surface area contributed by atoms with Gasteiger partial charge in [0.15, 0.2) is 5.69 Å². The van der Waals surface area contributed by atoms with Gasteiger partial charge < -0.3 is 0 Å². The molecule has 0 bridgehead atoms. The van der Waals surface area contributed by atoms with E-state index in [1.807, 2.05) is 30.3 Å². The quantitative estimate of drug-likeness (QED) is 0.454. The third-order valence-corrected chi connectivity index (χ3v) is 2.97. The molecule has 2 rings (SSSR count). The smallest absolute Gasteiger partial charge is 0.258 e. The summed E-state index contributed by atoms with van der Waals surface area (Å²) in [6.07, 6.45) is 1.72. The zero-order valence-electron chi connectivity index (χ0n) is 12.1. The number of hydrogen-bond donors (Lipinski definition) is 0. The van der Waals surface area contributed by atoms with Gasteiger partial charge in [0.2, 0.25) is 0 Å². The summed E-state index contributed by atoms with van der Waals surface area (Å²) >= 11 is 0. The van der Waals surface area contributed by atoms with Gasteiger partial charge in [-0.25, -0.2) is 0 Å². The molecule has 0 spiro atoms. The Labute approximate surface area is 131 Å². The van der Waals surface area contributed by atoms with Crippen LogP contribution in [0.2, 0.25) is 0 Å². The normalized spacial score (nSPS) is 11.6. The van der Waals surface area contributed by atoms with E-state index in [0.29, 0.717) is 5.70 Å². The molecule has 0 fully saturated rings. The van der Waals surface area contributed by atoms with Gasteiger partial charge in [-0.2, -0.15) is 5.11 Å². The van der Waals surface area contributed by atoms with Gasteiger partial charge in [0.1, 0.15) is 0 Å². The van der Waals surface area contributed by atoms with Crippen LogP contribution >= 0.6 is 0 Å². The van der Waals surface area contributed by atoms with Gasteiger partial charge >= 0.3 is 5.69 Å². The van der Waals surface area contributed by atoms with Crippen LogP contribution in [0.4, 0.5) is 17.1 Å². The molecule has 0 aromatic heterocycles. The van der Waals surface area contributed by atoms with Crippen LogP contribution in [0.1, 0.15) is 12.5 Å². The SMILES string of the molecule is C/C=C(\N=Nc1ccc([N+](=O)[O-])cc1[N+](=O)[O-])c1ccccc1. The number of nitro groups is 2. The molecule has 0 saturated carbocycles. The highest BCUT2D eigenvalue weighted by Gasteiger charge is 2.19. The first kappa shape index (κ1) is 16.0. The van der Waals surface area contributed by atoms with Crippen molar-refractivity contribution in [2.24, 2.45) is 10.2 Å². The molecule has 2 aromatic rings. The van der Waals surface area contributed by atoms with Crippen LogP contribution in [0.5, 0.6) is 0 Å². The maximum absolute atomic E-state index is 11.0. The third-order valence-electron chi connectivity index (χ3n) is 2.97. The van der Waals surface area contributed by atoms with Crippen molar-refractivity contribution in [1.82, 2.24) is 0 Å². The number of nitrogens with zero attached hydrogens (tertiary/aromatic N) is 4. The van der Waals surface area contributed by atoms with Gasteiger partial charge in [-0.1, -0.05) is 36.4 Å². The second-order valence-electron chi connectivity index (χ2n) is 4.43. The third kappa shape index (κ3) is 3.82. The first-order valence-corrected chi connectivity index (χ1v) is 6.59. The zero-order valence-corrected chi connectivity index (χ0v) is 12.1. The molecule has 2 aromatic carbocycles. The van der Waals surface area contributed by atoms with E-state index in [0.717, 1.165) is 17.7 Å². The van der Waals surface area contributed by atoms with Gasteiger partial charge in [-0.05, 0) is 13.0 Å². The highest BCUT2D eigenvalue weighted by molar-refractivity contribution is 5.65. The minimum absolute atomic E-state index is 0.0455. The van der Waals surface area contributed by atoms with E-state index in [-0.39, 0.29) is 11.4 Å². The monoisotopic (exact) mass is 312 g/mol. The summed E-state index contributed by atoms with van der Waals surface area (Å²) in [4.78, 5) is 20.3. The Bertz CT molecular complexity index is 800. The average Bonchev–Trinajstić information content (AvgIpc) is 2.56. The molecular weight excluding hydrogens is 300 g/mol. The van der Waals surface area contributed by atoms with Gasteiger partial charge in [0.05, 0.1) is 21.6 Å². The maximum Gasteiger partial charge on any atom is 0.303 e. The summed E-state index contributed by atoms with van der Waals surface area (Å²) in [5.41, 5.74) is 0.467. The largest absolute Gasteiger partial charge is 0.303 e. The fourth-order valence-electron chi connectivity index (χ4n) is 1.85. The molecule has 0 radical (unpaired) electrons. The van der Waals surface area contributed by atoms with Crippen molar-refractivity contribution >= 4 is 22.8 Å². The molecule has 0 aliphatic rings. The van der Waals surface area contributed by atoms with E-state index >= 15 is 0 Å². The average molecular weight is 312 g/mol. The van der Waals surface area contributed by atoms with Gasteiger partial charge in [0, 0.05) is 11.6 Å². The van der Waals surface area contributed by atoms with E-state index in [1.54, 1.807) is 13.0 Å². The molecule has 0 saturated heterocycles. The van der Waals surface area contributed by atoms with E-state index in [2.05, 4.69) is 10.2 Å². The van der Waals surface area contributed by atoms with Gasteiger partial charge in [-0.3, -0.25) is 20.2 Å². The summed E-state index contributed by atoms with van der Waals surface area (Å²) < 4.78 is 0. The number of allylic oxidation sites excluding steroid dienone is 1. The number of rotatable bonds is 5. The minimum atomic E-state index is -0.723. The summed E-state index contributed by atoms with van der Waals surface area (Å²) in [5.74, 6) is 0. The number of hydrogen-bond acceptors (Lipinski definition) is 6. The van der Waals surface area contributed by atoms with E-state index in [9.17, 15) is 20.2 Å². The Balaban J connectivity index is 2.39. The van der Waals surface area contributed by atoms with Crippen molar-refractivity contribution in [2.45, 2.75) is 6.92 Å². The summed E-state index contributed by atoms with van der Waals surface area (Å²) in [7, 11) is 0. The van der Waals surface area contributed by atoms with Crippen molar-refractivity contribution < 1.29 is 9.85 Å². The molecule has 8 heteroatoms. The standard InChI is InChI=1S/C15H12N4O4/c1-2-13(11-6-4-3-5-7-11)16-17-14-9-8-12(18(20)21)10-15(14)19(22)23/h2-10H,1H3/b13-2-,17-16?. The van der Waals surface area contributed by atoms with Crippen molar-refractivity contribution in [1.29, 1.82) is 0 Å². The van der Waals surface area contributed by atoms with Crippen LogP contribution in [-0.2, 0) is 0 Å². The molecular formula is C15H12N4O4. The lowest BCUT2D eigenvalue weighted by atomic mass is 10.1. The topological polar surface area (TPSA) is 111 Å². The van der Waals surface area contributed by atoms with Gasteiger partial charge in [-0.15, -0.1) is 5.11 Å². The summed E-state index contributed by atoms with van der Waals surface area (Å²) in [6.45, 7) is 1.77. The van der Waals surface area contributed by atoms with Crippen LogP contribution in [0.25, 0.3) is 5.70 Å². The molecule has 0 N–H and O–H groups in total. The minimum Gasteiger partial charge on any atom is -0.258 e. The number of benzene rings is 2. The summed E-state index contributed by atoms with van der Waals surface area (Å²) in [6, 6.07) is 12.4. The number of nitro benzene ring substituents is 2. The molecule has 23 heavy (non-hydrogen) atoms. The Morgan fingerprint density at radius 2 is 1.74 bits per heavy atom. The number of non-ortho nitro benzene ring substituents is 1. The second kappa shape index (κ2) is 7.03. The predicted molar refractivity (Wildman–Crippen MR) is 84.4 cm³/mol. The molecule has 0 aliphatic carbocycles. The van der Waals surface area contributed by atoms with Gasteiger partial charge in [0.25, 0.3) is 5.69 Å². The first-order valence-electron chi connectivity index (χ1n) is 6.59. The molecule has 8 nitrogen and oxygen atoms in total. The van der Waals surface area contributed by atoms with E-state index in [1.165, 1.54) is 6.07 Å². The Morgan fingerprint density at radius 1 is 1.04 bits per heavy atom. The zero-order chi connectivity index (χ0) is 16.8. The molecule has 0 aliphatic heterocycles. The fraction of sp³-hybridized carbons (Fsp3) is 0.0667. The second-order valence-corrected chi connectivity index (χ2v) is 4.43. The molecule has 0 amide bonds. The Kier molecular flexibility index (Phi) is 4.88. The maximum atomic E-state index is 11.0. The van der Waals surface area contributed by atoms with E-state index in [4.69, 9.17) is 0 Å². The number of azo groups is 1. The molecule has 116 valence electrons. The Hall–Kier alpha value is -3.42. The lowest BCUT2D eigenvalue weighted by molar-refractivity contribution is -0.393. The Morgan fingerprint density at radius 3 is 2.30 bits per heavy atom. The van der Waals surface area contributed by atoms with E-state index < -0.39 is 15.5 Å². The predicted octanol–water partition coefficient (Wildman–Crippen LogP) is 4.65. The highest BCUT2D eigenvalue weighted by atomic mass is 16.6. The first-order chi connectivity index (χ1) is 11.0. The molecule has 0 unspecified atom stereocenters.